The van der Waals surface area contributed by atoms with Crippen LogP contribution in [0, 0.1) is 0 Å². The van der Waals surface area contributed by atoms with Crippen molar-refractivity contribution in [2.45, 2.75) is 29.9 Å². The van der Waals surface area contributed by atoms with E-state index in [0.717, 1.165) is 5.56 Å². The first-order chi connectivity index (χ1) is 13.3. The highest BCUT2D eigenvalue weighted by atomic mass is 32.2. The van der Waals surface area contributed by atoms with Crippen LogP contribution in [0.15, 0.2) is 63.4 Å². The van der Waals surface area contributed by atoms with Gasteiger partial charge in [0, 0.05) is 6.54 Å². The number of rotatable bonds is 7. The number of nitrogens with zero attached hydrogens (tertiary/aromatic N) is 2. The predicted octanol–water partition coefficient (Wildman–Crippen LogP) is 1.97. The van der Waals surface area contributed by atoms with Crippen LogP contribution in [0.2, 0.25) is 0 Å². The van der Waals surface area contributed by atoms with Crippen LogP contribution in [0.4, 0.5) is 0 Å². The minimum absolute atomic E-state index is 0.00228. The molecular weight excluding hydrogens is 398 g/mol. The summed E-state index contributed by atoms with van der Waals surface area (Å²) in [4.78, 5) is 28.9. The van der Waals surface area contributed by atoms with E-state index in [0.29, 0.717) is 29.0 Å². The average molecular weight is 418 g/mol. The lowest BCUT2D eigenvalue weighted by Gasteiger charge is -2.13. The van der Waals surface area contributed by atoms with Gasteiger partial charge in [-0.25, -0.2) is 18.5 Å². The monoisotopic (exact) mass is 417 g/mol. The van der Waals surface area contributed by atoms with Crippen LogP contribution in [0.25, 0.3) is 10.9 Å². The van der Waals surface area contributed by atoms with E-state index in [1.54, 1.807) is 34.9 Å². The average Bonchev–Trinajstić information content (AvgIpc) is 2.65. The van der Waals surface area contributed by atoms with E-state index >= 15 is 0 Å². The molecule has 0 spiro atoms. The molecule has 7 nitrogen and oxygen atoms in total. The van der Waals surface area contributed by atoms with Gasteiger partial charge in [-0.15, -0.1) is 0 Å². The van der Waals surface area contributed by atoms with Gasteiger partial charge in [0.15, 0.2) is 5.16 Å². The summed E-state index contributed by atoms with van der Waals surface area (Å²) in [5.74, 6) is 0.228. The Kier molecular flexibility index (Phi) is 5.97. The van der Waals surface area contributed by atoms with Crippen LogP contribution in [-0.4, -0.2) is 29.5 Å². The van der Waals surface area contributed by atoms with Crippen molar-refractivity contribution in [3.8, 4) is 0 Å². The maximum absolute atomic E-state index is 12.9. The second kappa shape index (κ2) is 8.26. The van der Waals surface area contributed by atoms with Crippen LogP contribution in [0.1, 0.15) is 12.5 Å². The molecule has 3 rings (SSSR count). The standard InChI is InChI=1S/C19H19N3O4S2/c1-13(23)12-27-19-21-17-5-3-2-4-16(17)18(24)22(19)11-10-14-6-8-15(9-7-14)28(20,25)26/h2-9H,10-12H2,1H3,(H2,20,25,26). The topological polar surface area (TPSA) is 112 Å². The van der Waals surface area contributed by atoms with Gasteiger partial charge in [0.1, 0.15) is 5.78 Å². The van der Waals surface area contributed by atoms with E-state index in [1.165, 1.54) is 30.8 Å². The van der Waals surface area contributed by atoms with Gasteiger partial charge in [0.2, 0.25) is 10.0 Å². The van der Waals surface area contributed by atoms with Gasteiger partial charge in [0.05, 0.1) is 21.6 Å². The van der Waals surface area contributed by atoms with Crippen LogP contribution in [0.5, 0.6) is 0 Å². The van der Waals surface area contributed by atoms with Gasteiger partial charge in [-0.05, 0) is 43.2 Å². The van der Waals surface area contributed by atoms with E-state index in [1.807, 2.05) is 6.07 Å². The number of ketones is 1. The number of thioether (sulfide) groups is 1. The first kappa shape index (κ1) is 20.2. The third-order valence-electron chi connectivity index (χ3n) is 4.11. The quantitative estimate of drug-likeness (QED) is 0.465. The summed E-state index contributed by atoms with van der Waals surface area (Å²) < 4.78 is 24.3. The Morgan fingerprint density at radius 3 is 2.46 bits per heavy atom. The first-order valence-corrected chi connectivity index (χ1v) is 11.0. The van der Waals surface area contributed by atoms with Crippen molar-refractivity contribution >= 4 is 38.5 Å². The smallest absolute Gasteiger partial charge is 0.262 e. The summed E-state index contributed by atoms with van der Waals surface area (Å²) in [7, 11) is -3.74. The number of sulfonamides is 1. The third kappa shape index (κ3) is 4.67. The lowest BCUT2D eigenvalue weighted by molar-refractivity contribution is -0.114. The van der Waals surface area contributed by atoms with Crippen molar-refractivity contribution in [1.29, 1.82) is 0 Å². The maximum Gasteiger partial charge on any atom is 0.262 e. The van der Waals surface area contributed by atoms with E-state index < -0.39 is 10.0 Å². The number of fused-ring (bicyclic) bond motifs is 1. The molecular formula is C19H19N3O4S2. The highest BCUT2D eigenvalue weighted by Gasteiger charge is 2.13. The lowest BCUT2D eigenvalue weighted by atomic mass is 10.1. The van der Waals surface area contributed by atoms with Gasteiger partial charge in [-0.1, -0.05) is 36.0 Å². The summed E-state index contributed by atoms with van der Waals surface area (Å²) in [5.41, 5.74) is 1.28. The highest BCUT2D eigenvalue weighted by Crippen LogP contribution is 2.19. The van der Waals surface area contributed by atoms with Gasteiger partial charge < -0.3 is 0 Å². The summed E-state index contributed by atoms with van der Waals surface area (Å²) in [6.45, 7) is 1.84. The Hall–Kier alpha value is -2.49. The SMILES string of the molecule is CC(=O)CSc1nc2ccccc2c(=O)n1CCc1ccc(S(N)(=O)=O)cc1. The molecule has 1 heterocycles. The fraction of sp³-hybridized carbons (Fsp3) is 0.211. The highest BCUT2D eigenvalue weighted by molar-refractivity contribution is 7.99. The van der Waals surface area contributed by atoms with Crippen molar-refractivity contribution in [3.63, 3.8) is 0 Å². The Bertz CT molecular complexity index is 1190. The number of hydrogen-bond acceptors (Lipinski definition) is 6. The fourth-order valence-corrected chi connectivity index (χ4v) is 4.05. The number of Topliss-reactive ketones (excluding diaryl/α,β-unsaturated/α-hetero) is 1. The Balaban J connectivity index is 1.92. The molecule has 3 aromatic rings. The molecule has 0 unspecified atom stereocenters. The van der Waals surface area contributed by atoms with E-state index in [4.69, 9.17) is 5.14 Å². The Morgan fingerprint density at radius 1 is 1.14 bits per heavy atom. The number of primary sulfonamides is 1. The molecule has 0 aliphatic heterocycles. The summed E-state index contributed by atoms with van der Waals surface area (Å²) >= 11 is 1.23. The summed E-state index contributed by atoms with van der Waals surface area (Å²) in [5, 5.41) is 6.11. The lowest BCUT2D eigenvalue weighted by Crippen LogP contribution is -2.24. The molecule has 0 radical (unpaired) electrons. The molecule has 0 atom stereocenters. The number of benzene rings is 2. The van der Waals surface area contributed by atoms with E-state index in [9.17, 15) is 18.0 Å². The van der Waals surface area contributed by atoms with Crippen molar-refractivity contribution in [3.05, 3.63) is 64.4 Å². The second-order valence-corrected chi connectivity index (χ2v) is 8.80. The van der Waals surface area contributed by atoms with Crippen LogP contribution in [0.3, 0.4) is 0 Å². The number of aromatic nitrogens is 2. The third-order valence-corrected chi connectivity index (χ3v) is 6.16. The van der Waals surface area contributed by atoms with Crippen LogP contribution < -0.4 is 10.7 Å². The number of aryl methyl sites for hydroxylation is 1. The largest absolute Gasteiger partial charge is 0.299 e. The minimum Gasteiger partial charge on any atom is -0.299 e. The number of nitrogens with two attached hydrogens (primary N) is 1. The summed E-state index contributed by atoms with van der Waals surface area (Å²) in [6.07, 6.45) is 0.498. The zero-order chi connectivity index (χ0) is 20.3. The van der Waals surface area contributed by atoms with Gasteiger partial charge in [-0.2, -0.15) is 0 Å². The van der Waals surface area contributed by atoms with E-state index in [2.05, 4.69) is 4.98 Å². The van der Waals surface area contributed by atoms with Crippen molar-refractivity contribution in [1.82, 2.24) is 9.55 Å². The molecule has 2 aromatic carbocycles. The number of carbonyl (C=O) groups is 1. The first-order valence-electron chi connectivity index (χ1n) is 8.49. The molecule has 9 heteroatoms. The summed E-state index contributed by atoms with van der Waals surface area (Å²) in [6, 6.07) is 13.3. The molecule has 0 aliphatic carbocycles. The molecule has 0 fully saturated rings. The van der Waals surface area contributed by atoms with E-state index in [-0.39, 0.29) is 22.0 Å². The number of hydrogen-bond donors (Lipinski definition) is 1. The molecule has 0 amide bonds. The second-order valence-electron chi connectivity index (χ2n) is 6.30. The number of carbonyl (C=O) groups excluding carboxylic acids is 1. The van der Waals surface area contributed by atoms with Crippen molar-refractivity contribution in [2.24, 2.45) is 5.14 Å². The van der Waals surface area contributed by atoms with Crippen LogP contribution in [-0.2, 0) is 27.8 Å². The molecule has 146 valence electrons. The molecule has 0 aliphatic rings. The molecule has 28 heavy (non-hydrogen) atoms. The maximum atomic E-state index is 12.9. The number of para-hydroxylation sites is 1. The minimum atomic E-state index is -3.74. The molecule has 0 saturated heterocycles. The molecule has 1 aromatic heterocycles. The fourth-order valence-electron chi connectivity index (χ4n) is 2.71. The molecule has 0 saturated carbocycles. The van der Waals surface area contributed by atoms with Gasteiger partial charge in [-0.3, -0.25) is 14.2 Å². The normalized spacial score (nSPS) is 11.6. The van der Waals surface area contributed by atoms with Gasteiger partial charge in [0.25, 0.3) is 5.56 Å². The molecule has 0 bridgehead atoms. The van der Waals surface area contributed by atoms with Crippen molar-refractivity contribution in [2.75, 3.05) is 5.75 Å². The van der Waals surface area contributed by atoms with Crippen molar-refractivity contribution < 1.29 is 13.2 Å². The Labute approximate surface area is 166 Å². The van der Waals surface area contributed by atoms with Gasteiger partial charge >= 0.3 is 0 Å². The Morgan fingerprint density at radius 2 is 1.82 bits per heavy atom. The zero-order valence-electron chi connectivity index (χ0n) is 15.2. The zero-order valence-corrected chi connectivity index (χ0v) is 16.8. The van der Waals surface area contributed by atoms with Crippen LogP contribution >= 0.6 is 11.8 Å². The molecule has 2 N–H and O–H groups in total. The predicted molar refractivity (Wildman–Crippen MR) is 109 cm³/mol.